The summed E-state index contributed by atoms with van der Waals surface area (Å²) in [5.74, 6) is 0.237. The lowest BCUT2D eigenvalue weighted by Crippen LogP contribution is -2.15. The molecule has 0 bridgehead atoms. The molecule has 1 N–H and O–H groups in total. The van der Waals surface area contributed by atoms with E-state index < -0.39 is 0 Å². The fourth-order valence-corrected chi connectivity index (χ4v) is 1.79. The van der Waals surface area contributed by atoms with E-state index in [-0.39, 0.29) is 16.8 Å². The monoisotopic (exact) mass is 291 g/mol. The van der Waals surface area contributed by atoms with Crippen LogP contribution >= 0.6 is 11.6 Å². The molecular weight excluding hydrogens is 278 g/mol. The fraction of sp³-hybridized carbons (Fsp3) is 0.214. The molecule has 1 aromatic heterocycles. The molecule has 0 unspecified atom stereocenters. The van der Waals surface area contributed by atoms with E-state index in [0.29, 0.717) is 18.0 Å². The second kappa shape index (κ2) is 6.34. The lowest BCUT2D eigenvalue weighted by Gasteiger charge is -2.12. The molecule has 0 fully saturated rings. The third kappa shape index (κ3) is 3.45. The Kier molecular flexibility index (Phi) is 4.53. The molecule has 0 aliphatic rings. The first kappa shape index (κ1) is 14.3. The number of carbonyl (C=O) groups is 1. The number of nitrogens with one attached hydrogen (secondary N) is 1. The van der Waals surface area contributed by atoms with Crippen LogP contribution in [0.3, 0.4) is 0 Å². The summed E-state index contributed by atoms with van der Waals surface area (Å²) in [5.41, 5.74) is 1.79. The first-order valence-electron chi connectivity index (χ1n) is 6.12. The quantitative estimate of drug-likeness (QED) is 0.940. The summed E-state index contributed by atoms with van der Waals surface area (Å²) in [6.07, 6.45) is 2.73. The van der Waals surface area contributed by atoms with E-state index in [9.17, 15) is 4.79 Å². The van der Waals surface area contributed by atoms with Crippen LogP contribution in [-0.2, 0) is 0 Å². The molecular formula is C14H14ClN3O2. The number of aromatic nitrogens is 2. The largest absolute Gasteiger partial charge is 0.492 e. The van der Waals surface area contributed by atoms with E-state index >= 15 is 0 Å². The SMILES string of the molecule is CCOc1cc(C)ccc1NC(=O)c1cncc(Cl)n1. The van der Waals surface area contributed by atoms with Gasteiger partial charge in [-0.1, -0.05) is 17.7 Å². The third-order valence-corrected chi connectivity index (χ3v) is 2.71. The summed E-state index contributed by atoms with van der Waals surface area (Å²) >= 11 is 5.72. The van der Waals surface area contributed by atoms with Crippen LogP contribution in [0, 0.1) is 6.92 Å². The first-order valence-corrected chi connectivity index (χ1v) is 6.50. The van der Waals surface area contributed by atoms with Gasteiger partial charge in [-0.3, -0.25) is 9.78 Å². The van der Waals surface area contributed by atoms with Crippen LogP contribution in [0.25, 0.3) is 0 Å². The standard InChI is InChI=1S/C14H14ClN3O2/c1-3-20-12-6-9(2)4-5-10(12)18-14(19)11-7-16-8-13(15)17-11/h4-8H,3H2,1-2H3,(H,18,19). The van der Waals surface area contributed by atoms with Gasteiger partial charge in [0, 0.05) is 0 Å². The number of hydrogen-bond donors (Lipinski definition) is 1. The van der Waals surface area contributed by atoms with E-state index in [2.05, 4.69) is 15.3 Å². The average molecular weight is 292 g/mol. The van der Waals surface area contributed by atoms with Crippen molar-refractivity contribution < 1.29 is 9.53 Å². The summed E-state index contributed by atoms with van der Waals surface area (Å²) < 4.78 is 5.50. The maximum absolute atomic E-state index is 12.1. The minimum atomic E-state index is -0.384. The zero-order valence-corrected chi connectivity index (χ0v) is 11.9. The molecule has 0 aliphatic heterocycles. The van der Waals surface area contributed by atoms with Crippen molar-refractivity contribution in [3.63, 3.8) is 0 Å². The summed E-state index contributed by atoms with van der Waals surface area (Å²) in [6, 6.07) is 5.54. The molecule has 0 aliphatic carbocycles. The van der Waals surface area contributed by atoms with Crippen molar-refractivity contribution >= 4 is 23.2 Å². The highest BCUT2D eigenvalue weighted by Gasteiger charge is 2.12. The third-order valence-electron chi connectivity index (χ3n) is 2.52. The Morgan fingerprint density at radius 2 is 2.20 bits per heavy atom. The van der Waals surface area contributed by atoms with Gasteiger partial charge in [-0.05, 0) is 31.5 Å². The topological polar surface area (TPSA) is 64.1 Å². The highest BCUT2D eigenvalue weighted by molar-refractivity contribution is 6.29. The minimum absolute atomic E-state index is 0.153. The van der Waals surface area contributed by atoms with Crippen LogP contribution in [0.4, 0.5) is 5.69 Å². The highest BCUT2D eigenvalue weighted by Crippen LogP contribution is 2.26. The van der Waals surface area contributed by atoms with Crippen molar-refractivity contribution in [2.24, 2.45) is 0 Å². The van der Waals surface area contributed by atoms with Gasteiger partial charge in [0.1, 0.15) is 16.6 Å². The Hall–Kier alpha value is -2.14. The molecule has 0 atom stereocenters. The molecule has 2 aromatic rings. The molecule has 1 heterocycles. The number of hydrogen-bond acceptors (Lipinski definition) is 4. The number of anilines is 1. The molecule has 2 rings (SSSR count). The number of amides is 1. The van der Waals surface area contributed by atoms with Crippen molar-refractivity contribution in [2.45, 2.75) is 13.8 Å². The molecule has 6 heteroatoms. The average Bonchev–Trinajstić information content (AvgIpc) is 2.42. The predicted octanol–water partition coefficient (Wildman–Crippen LogP) is 3.09. The van der Waals surface area contributed by atoms with Crippen molar-refractivity contribution in [1.82, 2.24) is 9.97 Å². The van der Waals surface area contributed by atoms with Crippen LogP contribution in [-0.4, -0.2) is 22.5 Å². The maximum atomic E-state index is 12.1. The number of rotatable bonds is 4. The van der Waals surface area contributed by atoms with Crippen LogP contribution < -0.4 is 10.1 Å². The summed E-state index contributed by atoms with van der Waals surface area (Å²) in [7, 11) is 0. The Bertz CT molecular complexity index is 632. The van der Waals surface area contributed by atoms with Crippen LogP contribution in [0.1, 0.15) is 23.0 Å². The molecule has 5 nitrogen and oxygen atoms in total. The highest BCUT2D eigenvalue weighted by atomic mass is 35.5. The Morgan fingerprint density at radius 1 is 1.40 bits per heavy atom. The van der Waals surface area contributed by atoms with Crippen LogP contribution in [0.15, 0.2) is 30.6 Å². The second-order valence-corrected chi connectivity index (χ2v) is 4.50. The molecule has 1 amide bonds. The number of ether oxygens (including phenoxy) is 1. The van der Waals surface area contributed by atoms with Gasteiger partial charge < -0.3 is 10.1 Å². The Labute approximate surface area is 122 Å². The molecule has 20 heavy (non-hydrogen) atoms. The minimum Gasteiger partial charge on any atom is -0.492 e. The molecule has 0 spiro atoms. The smallest absolute Gasteiger partial charge is 0.276 e. The maximum Gasteiger partial charge on any atom is 0.276 e. The number of benzene rings is 1. The Balaban J connectivity index is 2.23. The molecule has 0 saturated heterocycles. The van der Waals surface area contributed by atoms with E-state index in [0.717, 1.165) is 5.56 Å². The number of aryl methyl sites for hydroxylation is 1. The van der Waals surface area contributed by atoms with Gasteiger partial charge in [0.25, 0.3) is 5.91 Å². The number of halogens is 1. The lowest BCUT2D eigenvalue weighted by molar-refractivity contribution is 0.102. The van der Waals surface area contributed by atoms with E-state index in [1.165, 1.54) is 12.4 Å². The molecule has 104 valence electrons. The lowest BCUT2D eigenvalue weighted by atomic mass is 10.2. The van der Waals surface area contributed by atoms with Crippen LogP contribution in [0.2, 0.25) is 5.15 Å². The number of nitrogens with zero attached hydrogens (tertiary/aromatic N) is 2. The van der Waals surface area contributed by atoms with Gasteiger partial charge in [-0.25, -0.2) is 4.98 Å². The van der Waals surface area contributed by atoms with Crippen molar-refractivity contribution in [1.29, 1.82) is 0 Å². The summed E-state index contributed by atoms with van der Waals surface area (Å²) in [5, 5.41) is 2.91. The van der Waals surface area contributed by atoms with Gasteiger partial charge in [-0.15, -0.1) is 0 Å². The van der Waals surface area contributed by atoms with Gasteiger partial charge in [-0.2, -0.15) is 0 Å². The van der Waals surface area contributed by atoms with E-state index in [4.69, 9.17) is 16.3 Å². The second-order valence-electron chi connectivity index (χ2n) is 4.11. The van der Waals surface area contributed by atoms with Crippen LogP contribution in [0.5, 0.6) is 5.75 Å². The van der Waals surface area contributed by atoms with Gasteiger partial charge in [0.15, 0.2) is 0 Å². The zero-order chi connectivity index (χ0) is 14.5. The molecule has 0 saturated carbocycles. The van der Waals surface area contributed by atoms with Crippen molar-refractivity contribution in [3.8, 4) is 5.75 Å². The van der Waals surface area contributed by atoms with E-state index in [1.54, 1.807) is 6.07 Å². The molecule has 0 radical (unpaired) electrons. The van der Waals surface area contributed by atoms with Crippen molar-refractivity contribution in [2.75, 3.05) is 11.9 Å². The normalized spacial score (nSPS) is 10.2. The summed E-state index contributed by atoms with van der Waals surface area (Å²) in [4.78, 5) is 19.8. The first-order chi connectivity index (χ1) is 9.60. The zero-order valence-electron chi connectivity index (χ0n) is 11.2. The van der Waals surface area contributed by atoms with E-state index in [1.807, 2.05) is 26.0 Å². The fourth-order valence-electron chi connectivity index (χ4n) is 1.65. The molecule has 1 aromatic carbocycles. The van der Waals surface area contributed by atoms with Gasteiger partial charge in [0.2, 0.25) is 0 Å². The summed E-state index contributed by atoms with van der Waals surface area (Å²) in [6.45, 7) is 4.36. The Morgan fingerprint density at radius 3 is 2.90 bits per heavy atom. The van der Waals surface area contributed by atoms with Gasteiger partial charge >= 0.3 is 0 Å². The van der Waals surface area contributed by atoms with Gasteiger partial charge in [0.05, 0.1) is 24.7 Å². The van der Waals surface area contributed by atoms with Crippen molar-refractivity contribution in [3.05, 3.63) is 47.0 Å². The predicted molar refractivity (Wildman–Crippen MR) is 77.3 cm³/mol. The number of carbonyl (C=O) groups excluding carboxylic acids is 1.